The number of ketones is 1. The highest BCUT2D eigenvalue weighted by molar-refractivity contribution is 6.22. The maximum atomic E-state index is 14.7. The third-order valence-electron chi connectivity index (χ3n) is 12.6. The van der Waals surface area contributed by atoms with Crippen molar-refractivity contribution >= 4 is 28.2 Å². The molecule has 1 fully saturated rings. The standard InChI is InChI=1S/C45H62N4O7/c1-24(2)23-49-20-18-45(19-21-49)47-34-31-32-38(51)30(8)41-33(31)42(53)44(9,56-41)17-12-11-15-26(4)40(55-10)29(7)37(50)28(6)22-25(3)14-13-16-27(5)43(54)46-36(39(32)52)35(34)48-45/h11-14,16,24-26,28-29,37,40,47,50-52H,15,17-23H2,1-10H3/b12-11+,14-13+,27-16-,46-36?/t25-,26+,28+,29+,37+,40+,44+/m0/s1. The number of carbonyl (C=O) groups excluding carboxylic acids is 2. The minimum absolute atomic E-state index is 0.00745. The van der Waals surface area contributed by atoms with Gasteiger partial charge in [0, 0.05) is 68.4 Å². The molecule has 1 spiro atoms. The summed E-state index contributed by atoms with van der Waals surface area (Å²) in [5.74, 6) is -0.643. The number of phenols is 2. The SMILES string of the molecule is CO[C@H]1[C@H](C)[C@H](O)[C@H](C)C[C@@H](C)/C=C/C=C(/C)C(=O)N=c2c(O)c3c(O)c(C)c4c(c3c3c2=NC2(CCN(CC(C)C)CC2)N3)C(=O)[C@@](C)(C/C=C/C[C@H]1C)O4. The van der Waals surface area contributed by atoms with Crippen LogP contribution in [-0.4, -0.2) is 82.1 Å². The number of rotatable bonds is 3. The van der Waals surface area contributed by atoms with Crippen LogP contribution in [0.5, 0.6) is 17.2 Å². The molecule has 304 valence electrons. The number of nitrogens with zero attached hydrogens (tertiary/aromatic N) is 3. The van der Waals surface area contributed by atoms with E-state index in [0.29, 0.717) is 52.7 Å². The molecule has 56 heavy (non-hydrogen) atoms. The molecule has 5 heterocycles. The van der Waals surface area contributed by atoms with Crippen LogP contribution in [0.15, 0.2) is 45.9 Å². The Kier molecular flexibility index (Phi) is 11.9. The van der Waals surface area contributed by atoms with Crippen LogP contribution < -0.4 is 20.8 Å². The third-order valence-corrected chi connectivity index (χ3v) is 12.6. The second kappa shape index (κ2) is 16.1. The van der Waals surface area contributed by atoms with Gasteiger partial charge in [-0.05, 0) is 57.3 Å². The van der Waals surface area contributed by atoms with Crippen molar-refractivity contribution in [3.05, 3.63) is 57.8 Å². The largest absolute Gasteiger partial charge is 0.507 e. The van der Waals surface area contributed by atoms with Crippen LogP contribution in [0.1, 0.15) is 103 Å². The number of aromatic hydroxyl groups is 2. The third kappa shape index (κ3) is 7.66. The highest BCUT2D eigenvalue weighted by Gasteiger charge is 2.48. The summed E-state index contributed by atoms with van der Waals surface area (Å²) in [5.41, 5.74) is -0.657. The first kappa shape index (κ1) is 41.6. The van der Waals surface area contributed by atoms with Crippen molar-refractivity contribution < 1.29 is 34.4 Å². The Labute approximate surface area is 331 Å². The van der Waals surface area contributed by atoms with Crippen LogP contribution >= 0.6 is 0 Å². The van der Waals surface area contributed by atoms with E-state index < -0.39 is 29.0 Å². The number of methoxy groups -OCH3 is 1. The van der Waals surface area contributed by atoms with E-state index in [1.807, 2.05) is 31.2 Å². The average molecular weight is 771 g/mol. The zero-order valence-electron chi connectivity index (χ0n) is 34.9. The smallest absolute Gasteiger partial charge is 0.273 e. The summed E-state index contributed by atoms with van der Waals surface area (Å²) in [6.07, 6.45) is 11.7. The number of piperidine rings is 1. The molecule has 5 aliphatic rings. The summed E-state index contributed by atoms with van der Waals surface area (Å²) < 4.78 is 12.5. The molecule has 1 amide bonds. The first-order valence-corrected chi connectivity index (χ1v) is 20.4. The molecular weight excluding hydrogens is 709 g/mol. The van der Waals surface area contributed by atoms with Crippen molar-refractivity contribution in [2.24, 2.45) is 39.6 Å². The van der Waals surface area contributed by atoms with E-state index in [1.54, 1.807) is 34.0 Å². The number of likely N-dealkylation sites (tertiary alicyclic amines) is 1. The normalized spacial score (nSPS) is 32.1. The first-order chi connectivity index (χ1) is 26.4. The van der Waals surface area contributed by atoms with Crippen molar-refractivity contribution in [1.29, 1.82) is 0 Å². The van der Waals surface area contributed by atoms with E-state index in [-0.39, 0.29) is 69.8 Å². The molecule has 1 saturated heterocycles. The Hall–Kier alpha value is -4.06. The number of Topliss-reactive ketones (excluding diaryl/α,β-unsaturated/α-hetero) is 1. The van der Waals surface area contributed by atoms with Gasteiger partial charge in [-0.15, -0.1) is 0 Å². The molecule has 2 aromatic rings. The number of anilines is 1. The molecule has 7 rings (SSSR count). The van der Waals surface area contributed by atoms with E-state index in [4.69, 9.17) is 14.5 Å². The summed E-state index contributed by atoms with van der Waals surface area (Å²) >= 11 is 0. The first-order valence-electron chi connectivity index (χ1n) is 20.4. The number of benzene rings is 2. The van der Waals surface area contributed by atoms with Gasteiger partial charge in [0.1, 0.15) is 27.9 Å². The molecule has 0 saturated carbocycles. The Morgan fingerprint density at radius 2 is 1.71 bits per heavy atom. The van der Waals surface area contributed by atoms with Crippen LogP contribution in [0.2, 0.25) is 0 Å². The van der Waals surface area contributed by atoms with Gasteiger partial charge in [-0.1, -0.05) is 71.9 Å². The van der Waals surface area contributed by atoms with Crippen LogP contribution in [0, 0.1) is 36.5 Å². The van der Waals surface area contributed by atoms with Crippen LogP contribution in [-0.2, 0) is 9.53 Å². The van der Waals surface area contributed by atoms with E-state index >= 15 is 0 Å². The number of aliphatic hydroxyl groups is 1. The minimum atomic E-state index is -1.29. The molecule has 0 radical (unpaired) electrons. The monoisotopic (exact) mass is 770 g/mol. The maximum absolute atomic E-state index is 14.7. The van der Waals surface area contributed by atoms with Gasteiger partial charge in [-0.3, -0.25) is 14.6 Å². The quantitative estimate of drug-likeness (QED) is 0.198. The molecular formula is C45H62N4O7. The van der Waals surface area contributed by atoms with E-state index in [9.17, 15) is 24.9 Å². The van der Waals surface area contributed by atoms with Crippen molar-refractivity contribution in [3.63, 3.8) is 0 Å². The van der Waals surface area contributed by atoms with Gasteiger partial charge >= 0.3 is 0 Å². The Balaban J connectivity index is 1.53. The highest BCUT2D eigenvalue weighted by Crippen LogP contribution is 2.51. The fourth-order valence-electron chi connectivity index (χ4n) is 9.36. The molecule has 5 aliphatic heterocycles. The molecule has 0 unspecified atom stereocenters. The second-order valence-electron chi connectivity index (χ2n) is 17.8. The van der Waals surface area contributed by atoms with E-state index in [1.165, 1.54) is 0 Å². The van der Waals surface area contributed by atoms with E-state index in [0.717, 1.165) is 26.1 Å². The number of hydrogen-bond donors (Lipinski definition) is 4. The maximum Gasteiger partial charge on any atom is 0.273 e. The minimum Gasteiger partial charge on any atom is -0.507 e. The molecule has 0 aliphatic carbocycles. The van der Waals surface area contributed by atoms with Gasteiger partial charge in [0.05, 0.1) is 28.8 Å². The number of nitrogens with one attached hydrogen (secondary N) is 1. The zero-order valence-corrected chi connectivity index (χ0v) is 34.9. The summed E-state index contributed by atoms with van der Waals surface area (Å²) in [5, 5.41) is 39.5. The summed E-state index contributed by atoms with van der Waals surface area (Å²) in [7, 11) is 1.68. The van der Waals surface area contributed by atoms with Gasteiger partial charge in [0.2, 0.25) is 5.78 Å². The number of carbonyl (C=O) groups is 2. The Bertz CT molecular complexity index is 2100. The molecule has 4 N–H and O–H groups in total. The lowest BCUT2D eigenvalue weighted by molar-refractivity contribution is -0.114. The number of allylic oxidation sites excluding steroid dienone is 4. The fourth-order valence-corrected chi connectivity index (χ4v) is 9.36. The number of fused-ring (bicyclic) bond motifs is 13. The Morgan fingerprint density at radius 3 is 2.38 bits per heavy atom. The highest BCUT2D eigenvalue weighted by atomic mass is 16.5. The number of phenolic OH excluding ortho intramolecular Hbond substituents is 2. The summed E-state index contributed by atoms with van der Waals surface area (Å²) in [6.45, 7) is 20.3. The van der Waals surface area contributed by atoms with E-state index in [2.05, 4.69) is 49.8 Å². The molecule has 5 bridgehead atoms. The van der Waals surface area contributed by atoms with Crippen LogP contribution in [0.3, 0.4) is 0 Å². The van der Waals surface area contributed by atoms with Crippen LogP contribution in [0.4, 0.5) is 5.69 Å². The Morgan fingerprint density at radius 1 is 1.02 bits per heavy atom. The van der Waals surface area contributed by atoms with Crippen molar-refractivity contribution in [1.82, 2.24) is 4.90 Å². The number of ether oxygens (including phenoxy) is 2. The van der Waals surface area contributed by atoms with Crippen molar-refractivity contribution in [2.45, 2.75) is 118 Å². The lowest BCUT2D eigenvalue weighted by atomic mass is 9.80. The average Bonchev–Trinajstić information content (AvgIpc) is 3.64. The van der Waals surface area contributed by atoms with Gasteiger partial charge in [-0.25, -0.2) is 4.99 Å². The summed E-state index contributed by atoms with van der Waals surface area (Å²) in [4.78, 5) is 40.6. The molecule has 11 heteroatoms. The number of amides is 1. The molecule has 0 aromatic heterocycles. The number of hydrogen-bond acceptors (Lipinski definition) is 10. The fraction of sp³-hybridized carbons (Fsp3) is 0.600. The number of aliphatic hydroxyl groups excluding tert-OH is 1. The lowest BCUT2D eigenvalue weighted by Gasteiger charge is -2.38. The zero-order chi connectivity index (χ0) is 40.9. The van der Waals surface area contributed by atoms with Gasteiger partial charge in [-0.2, -0.15) is 0 Å². The summed E-state index contributed by atoms with van der Waals surface area (Å²) in [6, 6.07) is 0. The molecule has 7 atom stereocenters. The topological polar surface area (TPSA) is 153 Å². The molecule has 2 aromatic carbocycles. The van der Waals surface area contributed by atoms with Crippen molar-refractivity contribution in [2.75, 3.05) is 32.1 Å². The second-order valence-corrected chi connectivity index (χ2v) is 17.8. The molecule has 11 nitrogen and oxygen atoms in total. The van der Waals surface area contributed by atoms with Gasteiger partial charge in [0.15, 0.2) is 11.4 Å². The van der Waals surface area contributed by atoms with Gasteiger partial charge < -0.3 is 35.0 Å². The van der Waals surface area contributed by atoms with Crippen molar-refractivity contribution in [3.8, 4) is 17.2 Å². The predicted octanol–water partition coefficient (Wildman–Crippen LogP) is 6.70. The van der Waals surface area contributed by atoms with Gasteiger partial charge in [0.25, 0.3) is 5.91 Å². The lowest BCUT2D eigenvalue weighted by Crippen LogP contribution is -2.47. The van der Waals surface area contributed by atoms with Crippen LogP contribution in [0.25, 0.3) is 10.8 Å². The predicted molar refractivity (Wildman–Crippen MR) is 219 cm³/mol.